The molecule has 0 unspecified atom stereocenters. The number of carbonyl (C=O) groups is 2. The van der Waals surface area contributed by atoms with Crippen molar-refractivity contribution in [1.29, 1.82) is 0 Å². The van der Waals surface area contributed by atoms with Crippen molar-refractivity contribution in [2.75, 3.05) is 12.0 Å². The molecule has 1 N–H and O–H groups in total. The molecule has 1 aliphatic heterocycles. The first-order chi connectivity index (χ1) is 12.0. The molecular weight excluding hydrogens is 343 g/mol. The van der Waals surface area contributed by atoms with Crippen LogP contribution in [0.4, 0.5) is 10.1 Å². The van der Waals surface area contributed by atoms with Crippen LogP contribution in [0.25, 0.3) is 6.08 Å². The number of hydrogen-bond acceptors (Lipinski definition) is 4. The van der Waals surface area contributed by atoms with Crippen molar-refractivity contribution in [3.05, 3.63) is 65.5 Å². The van der Waals surface area contributed by atoms with E-state index in [0.717, 1.165) is 0 Å². The van der Waals surface area contributed by atoms with E-state index in [2.05, 4.69) is 5.32 Å². The molecule has 0 aliphatic carbocycles. The number of rotatable bonds is 3. The fraction of sp³-hybridized carbons (Fsp3) is 0.0556. The Morgan fingerprint density at radius 1 is 1.08 bits per heavy atom. The van der Waals surface area contributed by atoms with Gasteiger partial charge in [-0.1, -0.05) is 12.1 Å². The number of methoxy groups -OCH3 is 1. The van der Waals surface area contributed by atoms with Crippen LogP contribution in [0.3, 0.4) is 0 Å². The lowest BCUT2D eigenvalue weighted by molar-refractivity contribution is -0.122. The molecule has 3 rings (SSSR count). The summed E-state index contributed by atoms with van der Waals surface area (Å²) < 4.78 is 18.1. The van der Waals surface area contributed by atoms with Crippen LogP contribution in [-0.4, -0.2) is 24.0 Å². The first-order valence-corrected chi connectivity index (χ1v) is 7.71. The summed E-state index contributed by atoms with van der Waals surface area (Å²) in [6.45, 7) is 0. The highest BCUT2D eigenvalue weighted by Crippen LogP contribution is 2.24. The van der Waals surface area contributed by atoms with Crippen LogP contribution in [0.2, 0.25) is 0 Å². The van der Waals surface area contributed by atoms with Gasteiger partial charge in [-0.05, 0) is 60.3 Å². The van der Waals surface area contributed by atoms with Gasteiger partial charge in [0.25, 0.3) is 11.8 Å². The zero-order chi connectivity index (χ0) is 18.0. The smallest absolute Gasteiger partial charge is 0.270 e. The first kappa shape index (κ1) is 16.8. The molecule has 0 spiro atoms. The number of amides is 2. The molecule has 126 valence electrons. The van der Waals surface area contributed by atoms with Crippen LogP contribution < -0.4 is 15.0 Å². The van der Waals surface area contributed by atoms with Gasteiger partial charge in [0.2, 0.25) is 0 Å². The SMILES string of the molecule is COc1ccc(N2C(=O)C(=Cc3ccc(F)cc3)C(=O)NC2=S)cc1. The average Bonchev–Trinajstić information content (AvgIpc) is 2.60. The number of ether oxygens (including phenoxy) is 1. The van der Waals surface area contributed by atoms with E-state index in [1.165, 1.54) is 42.4 Å². The molecule has 1 saturated heterocycles. The van der Waals surface area contributed by atoms with Crippen molar-refractivity contribution < 1.29 is 18.7 Å². The minimum Gasteiger partial charge on any atom is -0.497 e. The van der Waals surface area contributed by atoms with E-state index in [4.69, 9.17) is 17.0 Å². The number of carbonyl (C=O) groups excluding carboxylic acids is 2. The molecule has 0 radical (unpaired) electrons. The quantitative estimate of drug-likeness (QED) is 0.522. The fourth-order valence-corrected chi connectivity index (χ4v) is 2.63. The molecule has 2 aromatic rings. The van der Waals surface area contributed by atoms with Crippen LogP contribution in [0, 0.1) is 5.82 Å². The predicted octanol–water partition coefficient (Wildman–Crippen LogP) is 2.67. The molecule has 1 fully saturated rings. The summed E-state index contributed by atoms with van der Waals surface area (Å²) in [6, 6.07) is 12.2. The molecule has 0 saturated carbocycles. The molecule has 0 bridgehead atoms. The summed E-state index contributed by atoms with van der Waals surface area (Å²) >= 11 is 5.12. The lowest BCUT2D eigenvalue weighted by Gasteiger charge is -2.29. The van der Waals surface area contributed by atoms with E-state index >= 15 is 0 Å². The summed E-state index contributed by atoms with van der Waals surface area (Å²) in [6.07, 6.45) is 1.40. The Bertz CT molecular complexity index is 876. The molecule has 5 nitrogen and oxygen atoms in total. The van der Waals surface area contributed by atoms with E-state index in [1.54, 1.807) is 24.3 Å². The van der Waals surface area contributed by atoms with Gasteiger partial charge in [-0.3, -0.25) is 19.8 Å². The summed E-state index contributed by atoms with van der Waals surface area (Å²) in [4.78, 5) is 26.2. The van der Waals surface area contributed by atoms with E-state index in [1.807, 2.05) is 0 Å². The molecular formula is C18H13FN2O3S. The Morgan fingerprint density at radius 3 is 2.32 bits per heavy atom. The molecule has 2 amide bonds. The van der Waals surface area contributed by atoms with E-state index < -0.39 is 17.6 Å². The maximum Gasteiger partial charge on any atom is 0.270 e. The van der Waals surface area contributed by atoms with Crippen molar-refractivity contribution in [2.24, 2.45) is 0 Å². The van der Waals surface area contributed by atoms with Gasteiger partial charge < -0.3 is 4.74 Å². The molecule has 25 heavy (non-hydrogen) atoms. The Morgan fingerprint density at radius 2 is 1.72 bits per heavy atom. The average molecular weight is 356 g/mol. The highest BCUT2D eigenvalue weighted by molar-refractivity contribution is 7.80. The third-order valence-corrected chi connectivity index (χ3v) is 3.90. The number of nitrogens with zero attached hydrogens (tertiary/aromatic N) is 1. The van der Waals surface area contributed by atoms with Gasteiger partial charge in [-0.25, -0.2) is 4.39 Å². The fourth-order valence-electron chi connectivity index (χ4n) is 2.35. The molecule has 7 heteroatoms. The topological polar surface area (TPSA) is 58.6 Å². The van der Waals surface area contributed by atoms with Gasteiger partial charge in [-0.2, -0.15) is 0 Å². The summed E-state index contributed by atoms with van der Waals surface area (Å²) in [5.41, 5.74) is 0.944. The number of anilines is 1. The number of hydrogen-bond donors (Lipinski definition) is 1. The van der Waals surface area contributed by atoms with Crippen LogP contribution in [0.15, 0.2) is 54.1 Å². The monoisotopic (exact) mass is 356 g/mol. The van der Waals surface area contributed by atoms with Crippen molar-refractivity contribution in [3.8, 4) is 5.75 Å². The maximum atomic E-state index is 13.0. The van der Waals surface area contributed by atoms with E-state index in [0.29, 0.717) is 17.0 Å². The summed E-state index contributed by atoms with van der Waals surface area (Å²) in [5, 5.41) is 2.49. The lowest BCUT2D eigenvalue weighted by atomic mass is 10.1. The zero-order valence-corrected chi connectivity index (χ0v) is 14.0. The first-order valence-electron chi connectivity index (χ1n) is 7.30. The van der Waals surface area contributed by atoms with E-state index in [-0.39, 0.29) is 10.7 Å². The minimum absolute atomic E-state index is 0.00331. The largest absolute Gasteiger partial charge is 0.497 e. The van der Waals surface area contributed by atoms with Crippen LogP contribution in [-0.2, 0) is 9.59 Å². The second-order valence-electron chi connectivity index (χ2n) is 5.21. The standard InChI is InChI=1S/C18H13FN2O3S/c1-24-14-8-6-13(7-9-14)21-17(23)15(16(22)20-18(21)25)10-11-2-4-12(19)5-3-11/h2-10H,1H3,(H,20,22,25). The second-order valence-corrected chi connectivity index (χ2v) is 5.59. The lowest BCUT2D eigenvalue weighted by Crippen LogP contribution is -2.54. The maximum absolute atomic E-state index is 13.0. The summed E-state index contributed by atoms with van der Waals surface area (Å²) in [5.74, 6) is -0.917. The van der Waals surface area contributed by atoms with Gasteiger partial charge in [0, 0.05) is 0 Å². The van der Waals surface area contributed by atoms with Gasteiger partial charge in [0.1, 0.15) is 17.1 Å². The van der Waals surface area contributed by atoms with Gasteiger partial charge in [-0.15, -0.1) is 0 Å². The number of benzene rings is 2. The number of halogens is 1. The van der Waals surface area contributed by atoms with Crippen molar-refractivity contribution in [1.82, 2.24) is 5.32 Å². The second kappa shape index (κ2) is 6.82. The molecule has 0 atom stereocenters. The van der Waals surface area contributed by atoms with E-state index in [9.17, 15) is 14.0 Å². The van der Waals surface area contributed by atoms with Gasteiger partial charge in [0.15, 0.2) is 5.11 Å². The highest BCUT2D eigenvalue weighted by Gasteiger charge is 2.34. The molecule has 1 aliphatic rings. The van der Waals surface area contributed by atoms with Crippen LogP contribution in [0.5, 0.6) is 5.75 Å². The third-order valence-electron chi connectivity index (χ3n) is 3.61. The van der Waals surface area contributed by atoms with Gasteiger partial charge >= 0.3 is 0 Å². The number of thiocarbonyl (C=S) groups is 1. The number of nitrogens with one attached hydrogen (secondary N) is 1. The highest BCUT2D eigenvalue weighted by atomic mass is 32.1. The molecule has 0 aromatic heterocycles. The van der Waals surface area contributed by atoms with Crippen molar-refractivity contribution >= 4 is 40.9 Å². The summed E-state index contributed by atoms with van der Waals surface area (Å²) in [7, 11) is 1.54. The van der Waals surface area contributed by atoms with Crippen LogP contribution >= 0.6 is 12.2 Å². The minimum atomic E-state index is -0.593. The van der Waals surface area contributed by atoms with Crippen molar-refractivity contribution in [2.45, 2.75) is 0 Å². The van der Waals surface area contributed by atoms with Crippen LogP contribution in [0.1, 0.15) is 5.56 Å². The molecule has 2 aromatic carbocycles. The Kier molecular flexibility index (Phi) is 4.58. The van der Waals surface area contributed by atoms with Crippen molar-refractivity contribution in [3.63, 3.8) is 0 Å². The molecule has 1 heterocycles. The Hall–Kier alpha value is -3.06. The predicted molar refractivity (Wildman–Crippen MR) is 95.6 cm³/mol. The third kappa shape index (κ3) is 3.41. The Balaban J connectivity index is 1.97. The normalized spacial score (nSPS) is 16.2. The van der Waals surface area contributed by atoms with Gasteiger partial charge in [0.05, 0.1) is 12.8 Å². The zero-order valence-electron chi connectivity index (χ0n) is 13.2. The Labute approximate surface area is 148 Å².